The van der Waals surface area contributed by atoms with Gasteiger partial charge in [0.15, 0.2) is 0 Å². The summed E-state index contributed by atoms with van der Waals surface area (Å²) in [6.07, 6.45) is 5.67. The molecule has 0 unspecified atom stereocenters. The van der Waals surface area contributed by atoms with Crippen LogP contribution in [0, 0.1) is 23.7 Å². The summed E-state index contributed by atoms with van der Waals surface area (Å²) >= 11 is 0. The molecule has 54 valence electrons. The Balaban J connectivity index is 3.44. The molecule has 0 fully saturated rings. The van der Waals surface area contributed by atoms with E-state index in [0.29, 0.717) is 13.0 Å². The second-order valence-electron chi connectivity index (χ2n) is 1.98. The number of terminal acetylenes is 1. The Morgan fingerprint density at radius 3 is 2.70 bits per heavy atom. The topological polar surface area (TPSA) is 27.0 Å². The lowest BCUT2D eigenvalue weighted by molar-refractivity contribution is 0.332. The monoisotopic (exact) mass is 136 g/mol. The fraction of sp³-hybridized carbons (Fsp3) is 0.625. The van der Waals surface area contributed by atoms with E-state index in [0.717, 1.165) is 13.1 Å². The van der Waals surface area contributed by atoms with E-state index < -0.39 is 0 Å². The average molecular weight is 136 g/mol. The summed E-state index contributed by atoms with van der Waals surface area (Å²) in [5.41, 5.74) is 0. The van der Waals surface area contributed by atoms with Gasteiger partial charge in [0.2, 0.25) is 0 Å². The molecule has 0 radical (unpaired) electrons. The third kappa shape index (κ3) is 3.95. The zero-order valence-corrected chi connectivity index (χ0v) is 6.30. The lowest BCUT2D eigenvalue weighted by Crippen LogP contribution is -2.24. The molecule has 0 aromatic carbocycles. The highest BCUT2D eigenvalue weighted by atomic mass is 15.1. The highest BCUT2D eigenvalue weighted by Gasteiger charge is 1.96. The third-order valence-corrected chi connectivity index (χ3v) is 1.30. The Kier molecular flexibility index (Phi) is 5.53. The molecule has 0 aliphatic rings. The summed E-state index contributed by atoms with van der Waals surface area (Å²) in [4.78, 5) is 2.06. The summed E-state index contributed by atoms with van der Waals surface area (Å²) in [6, 6.07) is 2.08. The average Bonchev–Trinajstić information content (AvgIpc) is 1.98. The van der Waals surface area contributed by atoms with Crippen LogP contribution in [-0.4, -0.2) is 24.5 Å². The normalized spacial score (nSPS) is 8.80. The van der Waals surface area contributed by atoms with Crippen LogP contribution >= 0.6 is 0 Å². The molecule has 0 atom stereocenters. The first kappa shape index (κ1) is 9.01. The van der Waals surface area contributed by atoms with E-state index in [4.69, 9.17) is 11.7 Å². The Labute approximate surface area is 62.4 Å². The maximum atomic E-state index is 8.25. The van der Waals surface area contributed by atoms with Gasteiger partial charge in [-0.05, 0) is 6.54 Å². The molecule has 0 heterocycles. The van der Waals surface area contributed by atoms with Crippen LogP contribution in [0.2, 0.25) is 0 Å². The molecule has 2 nitrogen and oxygen atoms in total. The Morgan fingerprint density at radius 2 is 2.30 bits per heavy atom. The first-order valence-electron chi connectivity index (χ1n) is 3.38. The molecular weight excluding hydrogens is 124 g/mol. The zero-order valence-electron chi connectivity index (χ0n) is 6.30. The predicted molar refractivity (Wildman–Crippen MR) is 41.2 cm³/mol. The van der Waals surface area contributed by atoms with Crippen molar-refractivity contribution in [1.82, 2.24) is 4.90 Å². The van der Waals surface area contributed by atoms with E-state index in [2.05, 4.69) is 16.9 Å². The summed E-state index contributed by atoms with van der Waals surface area (Å²) in [5.74, 6) is 2.54. The lowest BCUT2D eigenvalue weighted by Gasteiger charge is -2.14. The summed E-state index contributed by atoms with van der Waals surface area (Å²) in [5, 5.41) is 8.25. The summed E-state index contributed by atoms with van der Waals surface area (Å²) in [6.45, 7) is 4.40. The highest BCUT2D eigenvalue weighted by Crippen LogP contribution is 1.87. The standard InChI is InChI=1S/C8H12N2/c1-3-7-10(4-2)8-5-6-9/h1H,4-5,7-8H2,2H3. The maximum absolute atomic E-state index is 8.25. The van der Waals surface area contributed by atoms with Crippen molar-refractivity contribution in [3.63, 3.8) is 0 Å². The van der Waals surface area contributed by atoms with Crippen molar-refractivity contribution in [1.29, 1.82) is 5.26 Å². The smallest absolute Gasteiger partial charge is 0.0635 e. The number of rotatable bonds is 4. The molecule has 0 rings (SSSR count). The number of nitriles is 1. The molecule has 0 aliphatic carbocycles. The first-order valence-corrected chi connectivity index (χ1v) is 3.38. The summed E-state index contributed by atoms with van der Waals surface area (Å²) < 4.78 is 0. The Bertz CT molecular complexity index is 150. The fourth-order valence-electron chi connectivity index (χ4n) is 0.686. The quantitative estimate of drug-likeness (QED) is 0.536. The maximum Gasteiger partial charge on any atom is 0.0635 e. The second-order valence-corrected chi connectivity index (χ2v) is 1.98. The van der Waals surface area contributed by atoms with Crippen molar-refractivity contribution in [3.05, 3.63) is 0 Å². The van der Waals surface area contributed by atoms with Gasteiger partial charge in [-0.15, -0.1) is 6.42 Å². The second kappa shape index (κ2) is 6.13. The SMILES string of the molecule is C#CCN(CC)CCC#N. The van der Waals surface area contributed by atoms with Gasteiger partial charge in [0.05, 0.1) is 12.6 Å². The van der Waals surface area contributed by atoms with Crippen molar-refractivity contribution >= 4 is 0 Å². The van der Waals surface area contributed by atoms with Crippen LogP contribution in [0.25, 0.3) is 0 Å². The van der Waals surface area contributed by atoms with Gasteiger partial charge in [-0.1, -0.05) is 12.8 Å². The van der Waals surface area contributed by atoms with Crippen LogP contribution < -0.4 is 0 Å². The number of nitrogens with zero attached hydrogens (tertiary/aromatic N) is 2. The molecule has 0 aliphatic heterocycles. The lowest BCUT2D eigenvalue weighted by atomic mass is 10.4. The van der Waals surface area contributed by atoms with Crippen molar-refractivity contribution in [2.24, 2.45) is 0 Å². The van der Waals surface area contributed by atoms with Gasteiger partial charge in [0, 0.05) is 13.0 Å². The molecule has 0 aromatic rings. The van der Waals surface area contributed by atoms with E-state index in [9.17, 15) is 0 Å². The fourth-order valence-corrected chi connectivity index (χ4v) is 0.686. The number of hydrogen-bond donors (Lipinski definition) is 0. The van der Waals surface area contributed by atoms with Crippen molar-refractivity contribution in [3.8, 4) is 18.4 Å². The van der Waals surface area contributed by atoms with Crippen molar-refractivity contribution in [2.45, 2.75) is 13.3 Å². The molecule has 0 saturated heterocycles. The minimum absolute atomic E-state index is 0.565. The molecular formula is C8H12N2. The highest BCUT2D eigenvalue weighted by molar-refractivity contribution is 4.88. The minimum Gasteiger partial charge on any atom is -0.292 e. The molecule has 2 heteroatoms. The van der Waals surface area contributed by atoms with E-state index in [-0.39, 0.29) is 0 Å². The third-order valence-electron chi connectivity index (χ3n) is 1.30. The van der Waals surface area contributed by atoms with Gasteiger partial charge < -0.3 is 0 Å². The largest absolute Gasteiger partial charge is 0.292 e. The first-order chi connectivity index (χ1) is 4.85. The molecule has 0 aromatic heterocycles. The number of hydrogen-bond acceptors (Lipinski definition) is 2. The molecule has 0 spiro atoms. The predicted octanol–water partition coefficient (Wildman–Crippen LogP) is 0.855. The van der Waals surface area contributed by atoms with Crippen molar-refractivity contribution < 1.29 is 0 Å². The molecule has 10 heavy (non-hydrogen) atoms. The van der Waals surface area contributed by atoms with Crippen LogP contribution in [0.1, 0.15) is 13.3 Å². The molecule has 0 bridgehead atoms. The summed E-state index contributed by atoms with van der Waals surface area (Å²) in [7, 11) is 0. The van der Waals surface area contributed by atoms with Gasteiger partial charge in [0.25, 0.3) is 0 Å². The van der Waals surface area contributed by atoms with Gasteiger partial charge in [-0.25, -0.2) is 0 Å². The van der Waals surface area contributed by atoms with Crippen LogP contribution in [0.5, 0.6) is 0 Å². The van der Waals surface area contributed by atoms with Crippen LogP contribution in [-0.2, 0) is 0 Å². The van der Waals surface area contributed by atoms with Crippen LogP contribution in [0.15, 0.2) is 0 Å². The van der Waals surface area contributed by atoms with Gasteiger partial charge in [-0.2, -0.15) is 5.26 Å². The van der Waals surface area contributed by atoms with Gasteiger partial charge >= 0.3 is 0 Å². The van der Waals surface area contributed by atoms with E-state index in [1.54, 1.807) is 0 Å². The molecule has 0 N–H and O–H groups in total. The van der Waals surface area contributed by atoms with Gasteiger partial charge in [-0.3, -0.25) is 4.90 Å². The van der Waals surface area contributed by atoms with E-state index >= 15 is 0 Å². The Morgan fingerprint density at radius 1 is 1.60 bits per heavy atom. The minimum atomic E-state index is 0.565. The zero-order chi connectivity index (χ0) is 7.82. The van der Waals surface area contributed by atoms with Crippen LogP contribution in [0.3, 0.4) is 0 Å². The molecule has 0 amide bonds. The van der Waals surface area contributed by atoms with E-state index in [1.807, 2.05) is 6.92 Å². The van der Waals surface area contributed by atoms with Gasteiger partial charge in [0.1, 0.15) is 0 Å². The van der Waals surface area contributed by atoms with Crippen LogP contribution in [0.4, 0.5) is 0 Å². The van der Waals surface area contributed by atoms with Crippen molar-refractivity contribution in [2.75, 3.05) is 19.6 Å². The Hall–Kier alpha value is -0.990. The molecule has 0 saturated carbocycles. The van der Waals surface area contributed by atoms with E-state index in [1.165, 1.54) is 0 Å².